The van der Waals surface area contributed by atoms with E-state index < -0.39 is 6.10 Å². The second kappa shape index (κ2) is 55.7. The highest BCUT2D eigenvalue weighted by atomic mass is 16.6. The van der Waals surface area contributed by atoms with Gasteiger partial charge in [0.1, 0.15) is 13.2 Å². The molecular formula is C63H122O6. The fourth-order valence-corrected chi connectivity index (χ4v) is 9.73. The second-order valence-electron chi connectivity index (χ2n) is 22.4. The van der Waals surface area contributed by atoms with Crippen LogP contribution in [-0.4, -0.2) is 37.2 Å². The third kappa shape index (κ3) is 55.6. The highest BCUT2D eigenvalue weighted by Gasteiger charge is 2.19. The number of hydrogen-bond acceptors (Lipinski definition) is 6. The van der Waals surface area contributed by atoms with E-state index in [0.29, 0.717) is 19.3 Å². The van der Waals surface area contributed by atoms with E-state index in [4.69, 9.17) is 14.2 Å². The molecule has 0 aromatic carbocycles. The molecule has 0 aliphatic rings. The van der Waals surface area contributed by atoms with Gasteiger partial charge in [0.25, 0.3) is 0 Å². The minimum atomic E-state index is -0.764. The monoisotopic (exact) mass is 975 g/mol. The number of carbonyl (C=O) groups is 3. The number of rotatable bonds is 57. The first-order valence-corrected chi connectivity index (χ1v) is 31.3. The minimum absolute atomic E-state index is 0.0622. The molecule has 1 unspecified atom stereocenters. The maximum absolute atomic E-state index is 12.9. The van der Waals surface area contributed by atoms with Crippen LogP contribution in [-0.2, 0) is 28.6 Å². The lowest BCUT2D eigenvalue weighted by Crippen LogP contribution is -2.30. The van der Waals surface area contributed by atoms with Crippen LogP contribution >= 0.6 is 0 Å². The van der Waals surface area contributed by atoms with Gasteiger partial charge in [0.2, 0.25) is 0 Å². The maximum atomic E-state index is 12.9. The van der Waals surface area contributed by atoms with E-state index in [2.05, 4.69) is 34.6 Å². The zero-order chi connectivity index (χ0) is 50.4. The average Bonchev–Trinajstić information content (AvgIpc) is 3.34. The molecule has 6 nitrogen and oxygen atoms in total. The van der Waals surface area contributed by atoms with Gasteiger partial charge >= 0.3 is 17.9 Å². The molecule has 410 valence electrons. The molecule has 2 atom stereocenters. The van der Waals surface area contributed by atoms with Crippen molar-refractivity contribution in [3.05, 3.63) is 0 Å². The average molecular weight is 976 g/mol. The largest absolute Gasteiger partial charge is 0.462 e. The third-order valence-electron chi connectivity index (χ3n) is 14.8. The normalized spacial score (nSPS) is 12.4. The highest BCUT2D eigenvalue weighted by molar-refractivity contribution is 5.71. The Morgan fingerprint density at radius 1 is 0.304 bits per heavy atom. The molecule has 0 aliphatic carbocycles. The van der Waals surface area contributed by atoms with E-state index in [1.54, 1.807) is 0 Å². The molecule has 0 bridgehead atoms. The summed E-state index contributed by atoms with van der Waals surface area (Å²) in [7, 11) is 0. The first-order valence-electron chi connectivity index (χ1n) is 31.3. The summed E-state index contributed by atoms with van der Waals surface area (Å²) in [6.07, 6.45) is 60.9. The SMILES string of the molecule is CCCCCCCCCCCCCCCCCCCCCC(=O)OC[C@@H](COC(=O)CCCCCCCCCCCCCC(C)C)OC(=O)CCCCCCCCCCCCCCCCC(C)CC. The Labute approximate surface area is 431 Å². The summed E-state index contributed by atoms with van der Waals surface area (Å²) in [5.74, 6) is 0.887. The van der Waals surface area contributed by atoms with Crippen molar-refractivity contribution in [1.29, 1.82) is 0 Å². The van der Waals surface area contributed by atoms with Gasteiger partial charge in [-0.2, -0.15) is 0 Å². The van der Waals surface area contributed by atoms with E-state index in [1.165, 1.54) is 244 Å². The Bertz CT molecular complexity index is 1060. The lowest BCUT2D eigenvalue weighted by Gasteiger charge is -2.18. The summed E-state index contributed by atoms with van der Waals surface area (Å²) in [5, 5.41) is 0. The van der Waals surface area contributed by atoms with Crippen LogP contribution in [0.15, 0.2) is 0 Å². The molecule has 0 saturated heterocycles. The predicted molar refractivity (Wildman–Crippen MR) is 298 cm³/mol. The molecule has 69 heavy (non-hydrogen) atoms. The smallest absolute Gasteiger partial charge is 0.306 e. The van der Waals surface area contributed by atoms with Crippen molar-refractivity contribution in [3.8, 4) is 0 Å². The van der Waals surface area contributed by atoms with Gasteiger partial charge in [-0.15, -0.1) is 0 Å². The number of esters is 3. The number of carbonyl (C=O) groups excluding carboxylic acids is 3. The second-order valence-corrected chi connectivity index (χ2v) is 22.4. The van der Waals surface area contributed by atoms with Crippen molar-refractivity contribution >= 4 is 17.9 Å². The number of hydrogen-bond donors (Lipinski definition) is 0. The van der Waals surface area contributed by atoms with E-state index in [0.717, 1.165) is 69.6 Å². The molecule has 0 saturated carbocycles. The zero-order valence-electron chi connectivity index (χ0n) is 47.5. The summed E-state index contributed by atoms with van der Waals surface area (Å²) < 4.78 is 16.9. The van der Waals surface area contributed by atoms with Crippen molar-refractivity contribution in [2.24, 2.45) is 11.8 Å². The van der Waals surface area contributed by atoms with Crippen LogP contribution in [0, 0.1) is 11.8 Å². The summed E-state index contributed by atoms with van der Waals surface area (Å²) in [4.78, 5) is 38.3. The third-order valence-corrected chi connectivity index (χ3v) is 14.8. The van der Waals surface area contributed by atoms with Gasteiger partial charge in [-0.25, -0.2) is 0 Å². The molecule has 0 heterocycles. The van der Waals surface area contributed by atoms with Crippen molar-refractivity contribution in [2.45, 2.75) is 362 Å². The molecule has 0 N–H and O–H groups in total. The zero-order valence-corrected chi connectivity index (χ0v) is 47.5. The first kappa shape index (κ1) is 67.4. The fraction of sp³-hybridized carbons (Fsp3) is 0.952. The van der Waals surface area contributed by atoms with Crippen LogP contribution in [0.2, 0.25) is 0 Å². The van der Waals surface area contributed by atoms with E-state index >= 15 is 0 Å². The van der Waals surface area contributed by atoms with Crippen LogP contribution in [0.25, 0.3) is 0 Å². The van der Waals surface area contributed by atoms with Gasteiger partial charge < -0.3 is 14.2 Å². The van der Waals surface area contributed by atoms with Crippen LogP contribution in [0.3, 0.4) is 0 Å². The van der Waals surface area contributed by atoms with Gasteiger partial charge in [0.05, 0.1) is 0 Å². The van der Waals surface area contributed by atoms with Crippen LogP contribution in [0.5, 0.6) is 0 Å². The predicted octanol–water partition coefficient (Wildman–Crippen LogP) is 20.8. The lowest BCUT2D eigenvalue weighted by molar-refractivity contribution is -0.167. The Hall–Kier alpha value is -1.59. The van der Waals surface area contributed by atoms with Gasteiger partial charge in [-0.3, -0.25) is 14.4 Å². The molecule has 0 amide bonds. The highest BCUT2D eigenvalue weighted by Crippen LogP contribution is 2.19. The van der Waals surface area contributed by atoms with Gasteiger partial charge in [0.15, 0.2) is 6.10 Å². The van der Waals surface area contributed by atoms with Gasteiger partial charge in [-0.05, 0) is 31.1 Å². The quantitative estimate of drug-likeness (QED) is 0.0343. The maximum Gasteiger partial charge on any atom is 0.306 e. The van der Waals surface area contributed by atoms with Gasteiger partial charge in [-0.1, -0.05) is 317 Å². The number of ether oxygens (including phenoxy) is 3. The molecule has 0 fully saturated rings. The van der Waals surface area contributed by atoms with Crippen LogP contribution < -0.4 is 0 Å². The summed E-state index contributed by atoms with van der Waals surface area (Å²) in [5.41, 5.74) is 0. The molecule has 0 aliphatic heterocycles. The standard InChI is InChI=1S/C63H122O6/c1-6-8-9-10-11-12-13-14-15-16-17-18-19-23-28-33-38-43-48-53-61(64)67-56-60(57-68-62(65)54-49-44-39-34-30-25-26-31-36-41-46-51-58(3)4)69-63(66)55-50-45-40-35-29-24-21-20-22-27-32-37-42-47-52-59(5)7-2/h58-60H,6-57H2,1-5H3/t59?,60-/m0/s1. The summed E-state index contributed by atoms with van der Waals surface area (Å²) >= 11 is 0. The summed E-state index contributed by atoms with van der Waals surface area (Å²) in [6, 6.07) is 0. The van der Waals surface area contributed by atoms with Crippen LogP contribution in [0.4, 0.5) is 0 Å². The summed E-state index contributed by atoms with van der Waals surface area (Å²) in [6.45, 7) is 11.5. The lowest BCUT2D eigenvalue weighted by atomic mass is 9.99. The molecule has 0 rings (SSSR count). The van der Waals surface area contributed by atoms with Crippen molar-refractivity contribution in [1.82, 2.24) is 0 Å². The Kier molecular flexibility index (Phi) is 54.4. The minimum Gasteiger partial charge on any atom is -0.462 e. The Morgan fingerprint density at radius 3 is 0.826 bits per heavy atom. The van der Waals surface area contributed by atoms with Crippen molar-refractivity contribution < 1.29 is 28.6 Å². The Morgan fingerprint density at radius 2 is 0.551 bits per heavy atom. The molecule has 6 heteroatoms. The fourth-order valence-electron chi connectivity index (χ4n) is 9.73. The number of unbranched alkanes of at least 4 members (excludes halogenated alkanes) is 41. The molecule has 0 aromatic heterocycles. The molecule has 0 radical (unpaired) electrons. The Balaban J connectivity index is 4.28. The van der Waals surface area contributed by atoms with E-state index in [9.17, 15) is 14.4 Å². The topological polar surface area (TPSA) is 78.9 Å². The molecular weight excluding hydrogens is 853 g/mol. The van der Waals surface area contributed by atoms with Gasteiger partial charge in [0, 0.05) is 19.3 Å². The van der Waals surface area contributed by atoms with E-state index in [1.807, 2.05) is 0 Å². The van der Waals surface area contributed by atoms with E-state index in [-0.39, 0.29) is 31.1 Å². The first-order chi connectivity index (χ1) is 33.8. The van der Waals surface area contributed by atoms with Crippen LogP contribution in [0.1, 0.15) is 356 Å². The molecule has 0 spiro atoms. The molecule has 0 aromatic rings. The van der Waals surface area contributed by atoms with Crippen molar-refractivity contribution in [2.75, 3.05) is 13.2 Å². The van der Waals surface area contributed by atoms with Crippen molar-refractivity contribution in [3.63, 3.8) is 0 Å².